The Morgan fingerprint density at radius 1 is 1.11 bits per heavy atom. The Morgan fingerprint density at radius 3 is 2.58 bits per heavy atom. The second-order valence-electron chi connectivity index (χ2n) is 4.80. The molecule has 0 aliphatic heterocycles. The zero-order chi connectivity index (χ0) is 13.5. The predicted octanol–water partition coefficient (Wildman–Crippen LogP) is 3.79. The highest BCUT2D eigenvalue weighted by Gasteiger charge is 2.10. The lowest BCUT2D eigenvalue weighted by molar-refractivity contribution is 0.431. The highest BCUT2D eigenvalue weighted by molar-refractivity contribution is 5.61. The van der Waals surface area contributed by atoms with Gasteiger partial charge in [-0.2, -0.15) is 0 Å². The lowest BCUT2D eigenvalue weighted by Crippen LogP contribution is -2.13. The molecule has 1 aromatic carbocycles. The maximum absolute atomic E-state index is 5.39. The van der Waals surface area contributed by atoms with Gasteiger partial charge in [0.2, 0.25) is 0 Å². The largest absolute Gasteiger partial charge is 0.356 e. The second-order valence-corrected chi connectivity index (χ2v) is 4.80. The quantitative estimate of drug-likeness (QED) is 0.768. The van der Waals surface area contributed by atoms with Gasteiger partial charge < -0.3 is 9.84 Å². The van der Waals surface area contributed by atoms with Crippen molar-refractivity contribution < 1.29 is 4.52 Å². The third-order valence-corrected chi connectivity index (χ3v) is 3.14. The average Bonchev–Trinajstić information content (AvgIpc) is 2.89. The normalized spacial score (nSPS) is 10.8. The Kier molecular flexibility index (Phi) is 5.16. The molecule has 0 spiro atoms. The van der Waals surface area contributed by atoms with Crippen LogP contribution in [0.25, 0.3) is 11.3 Å². The maximum atomic E-state index is 5.39. The number of nitrogens with one attached hydrogen (secondary N) is 1. The van der Waals surface area contributed by atoms with Gasteiger partial charge in [-0.1, -0.05) is 49.7 Å². The van der Waals surface area contributed by atoms with Gasteiger partial charge in [-0.3, -0.25) is 0 Å². The van der Waals surface area contributed by atoms with Crippen molar-refractivity contribution in [3.8, 4) is 11.3 Å². The third-order valence-electron chi connectivity index (χ3n) is 3.14. The van der Waals surface area contributed by atoms with E-state index >= 15 is 0 Å². The topological polar surface area (TPSA) is 38.1 Å². The van der Waals surface area contributed by atoms with Crippen LogP contribution in [0, 0.1) is 0 Å². The standard InChI is InChI=1S/C16H22N2O/c1-3-5-13-6-8-14(9-7-13)16-15(12-18-19-16)11-17-10-4-2/h6-9,12,17H,3-5,10-11H2,1-2H3. The van der Waals surface area contributed by atoms with Crippen LogP contribution >= 0.6 is 0 Å². The Bertz CT molecular complexity index is 488. The van der Waals surface area contributed by atoms with Crippen LogP contribution in [0.2, 0.25) is 0 Å². The van der Waals surface area contributed by atoms with E-state index in [-0.39, 0.29) is 0 Å². The number of benzene rings is 1. The van der Waals surface area contributed by atoms with Gasteiger partial charge in [0.15, 0.2) is 5.76 Å². The molecule has 0 fully saturated rings. The smallest absolute Gasteiger partial charge is 0.171 e. The van der Waals surface area contributed by atoms with E-state index in [1.165, 1.54) is 12.0 Å². The summed E-state index contributed by atoms with van der Waals surface area (Å²) in [5, 5.41) is 7.30. The Balaban J connectivity index is 2.10. The van der Waals surface area contributed by atoms with Gasteiger partial charge in [0.05, 0.1) is 6.20 Å². The summed E-state index contributed by atoms with van der Waals surface area (Å²) in [6, 6.07) is 8.58. The van der Waals surface area contributed by atoms with Crippen molar-refractivity contribution in [3.63, 3.8) is 0 Å². The van der Waals surface area contributed by atoms with Crippen LogP contribution in [0.5, 0.6) is 0 Å². The van der Waals surface area contributed by atoms with Crippen LogP contribution in [0.15, 0.2) is 35.0 Å². The molecule has 0 aliphatic carbocycles. The Labute approximate surface area is 115 Å². The molecule has 1 heterocycles. The summed E-state index contributed by atoms with van der Waals surface area (Å²) in [5.74, 6) is 0.881. The molecule has 0 saturated heterocycles. The summed E-state index contributed by atoms with van der Waals surface area (Å²) in [4.78, 5) is 0. The van der Waals surface area contributed by atoms with Crippen molar-refractivity contribution in [2.24, 2.45) is 0 Å². The first-order valence-corrected chi connectivity index (χ1v) is 7.08. The SMILES string of the molecule is CCCNCc1cnoc1-c1ccc(CCC)cc1. The van der Waals surface area contributed by atoms with Crippen LogP contribution in [0.3, 0.4) is 0 Å². The molecule has 0 amide bonds. The lowest BCUT2D eigenvalue weighted by Gasteiger charge is -2.04. The van der Waals surface area contributed by atoms with E-state index in [9.17, 15) is 0 Å². The van der Waals surface area contributed by atoms with E-state index < -0.39 is 0 Å². The van der Waals surface area contributed by atoms with E-state index in [0.717, 1.165) is 42.8 Å². The summed E-state index contributed by atoms with van der Waals surface area (Å²) < 4.78 is 5.39. The highest BCUT2D eigenvalue weighted by atomic mass is 16.5. The van der Waals surface area contributed by atoms with Gasteiger partial charge >= 0.3 is 0 Å². The first-order chi connectivity index (χ1) is 9.35. The van der Waals surface area contributed by atoms with Crippen LogP contribution in [-0.4, -0.2) is 11.7 Å². The van der Waals surface area contributed by atoms with Gasteiger partial charge in [-0.15, -0.1) is 0 Å². The number of hydrogen-bond acceptors (Lipinski definition) is 3. The minimum atomic E-state index is 0.809. The molecule has 0 radical (unpaired) electrons. The van der Waals surface area contributed by atoms with E-state index in [2.05, 4.69) is 48.6 Å². The molecular weight excluding hydrogens is 236 g/mol. The highest BCUT2D eigenvalue weighted by Crippen LogP contribution is 2.24. The fourth-order valence-corrected chi connectivity index (χ4v) is 2.14. The molecule has 3 nitrogen and oxygen atoms in total. The molecule has 2 rings (SSSR count). The lowest BCUT2D eigenvalue weighted by atomic mass is 10.0. The molecule has 102 valence electrons. The molecule has 3 heteroatoms. The van der Waals surface area contributed by atoms with Crippen LogP contribution in [-0.2, 0) is 13.0 Å². The van der Waals surface area contributed by atoms with Crippen molar-refractivity contribution >= 4 is 0 Å². The van der Waals surface area contributed by atoms with Crippen LogP contribution < -0.4 is 5.32 Å². The van der Waals surface area contributed by atoms with E-state index in [1.807, 2.05) is 0 Å². The van der Waals surface area contributed by atoms with E-state index in [1.54, 1.807) is 6.20 Å². The summed E-state index contributed by atoms with van der Waals surface area (Å²) in [7, 11) is 0. The van der Waals surface area contributed by atoms with E-state index in [4.69, 9.17) is 4.52 Å². The van der Waals surface area contributed by atoms with Gasteiger partial charge in [0.1, 0.15) is 0 Å². The fraction of sp³-hybridized carbons (Fsp3) is 0.438. The van der Waals surface area contributed by atoms with Crippen molar-refractivity contribution in [1.29, 1.82) is 0 Å². The maximum Gasteiger partial charge on any atom is 0.171 e. The summed E-state index contributed by atoms with van der Waals surface area (Å²) >= 11 is 0. The minimum absolute atomic E-state index is 0.809. The molecule has 0 bridgehead atoms. The number of rotatable bonds is 7. The van der Waals surface area contributed by atoms with Crippen LogP contribution in [0.1, 0.15) is 37.8 Å². The van der Waals surface area contributed by atoms with Crippen molar-refractivity contribution in [3.05, 3.63) is 41.6 Å². The van der Waals surface area contributed by atoms with Gasteiger partial charge in [0, 0.05) is 17.7 Å². The predicted molar refractivity (Wildman–Crippen MR) is 77.9 cm³/mol. The van der Waals surface area contributed by atoms with Crippen LogP contribution in [0.4, 0.5) is 0 Å². The van der Waals surface area contributed by atoms with Gasteiger partial charge in [0.25, 0.3) is 0 Å². The van der Waals surface area contributed by atoms with Crippen molar-refractivity contribution in [1.82, 2.24) is 10.5 Å². The number of aromatic nitrogens is 1. The van der Waals surface area contributed by atoms with E-state index in [0.29, 0.717) is 0 Å². The van der Waals surface area contributed by atoms with Crippen molar-refractivity contribution in [2.75, 3.05) is 6.54 Å². The second kappa shape index (κ2) is 7.10. The summed E-state index contributed by atoms with van der Waals surface area (Å²) in [6.45, 7) is 6.18. The number of aryl methyl sites for hydroxylation is 1. The average molecular weight is 258 g/mol. The Morgan fingerprint density at radius 2 is 1.89 bits per heavy atom. The Hall–Kier alpha value is -1.61. The molecular formula is C16H22N2O. The third kappa shape index (κ3) is 3.67. The fourth-order valence-electron chi connectivity index (χ4n) is 2.14. The van der Waals surface area contributed by atoms with Gasteiger partial charge in [-0.25, -0.2) is 0 Å². The minimum Gasteiger partial charge on any atom is -0.356 e. The van der Waals surface area contributed by atoms with Crippen molar-refractivity contribution in [2.45, 2.75) is 39.7 Å². The molecule has 0 atom stereocenters. The molecule has 2 aromatic rings. The number of hydrogen-bond donors (Lipinski definition) is 1. The molecule has 1 aromatic heterocycles. The summed E-state index contributed by atoms with van der Waals surface area (Å²) in [5.41, 5.74) is 3.60. The summed E-state index contributed by atoms with van der Waals surface area (Å²) in [6.07, 6.45) is 5.24. The number of nitrogens with zero attached hydrogens (tertiary/aromatic N) is 1. The first kappa shape index (κ1) is 13.8. The zero-order valence-corrected chi connectivity index (χ0v) is 11.8. The zero-order valence-electron chi connectivity index (χ0n) is 11.8. The molecule has 0 unspecified atom stereocenters. The van der Waals surface area contributed by atoms with Gasteiger partial charge in [-0.05, 0) is 24.9 Å². The molecule has 19 heavy (non-hydrogen) atoms. The monoisotopic (exact) mass is 258 g/mol. The first-order valence-electron chi connectivity index (χ1n) is 7.08. The molecule has 0 saturated carbocycles. The molecule has 1 N–H and O–H groups in total. The molecule has 0 aliphatic rings.